The van der Waals surface area contributed by atoms with Crippen LogP contribution in [0.4, 0.5) is 4.79 Å². The van der Waals surface area contributed by atoms with Crippen molar-refractivity contribution in [3.63, 3.8) is 0 Å². The number of carbonyl (C=O) groups excluding carboxylic acids is 1. The van der Waals surface area contributed by atoms with Crippen LogP contribution in [0.2, 0.25) is 0 Å². The van der Waals surface area contributed by atoms with Crippen molar-refractivity contribution in [2.75, 3.05) is 7.05 Å². The third-order valence-corrected chi connectivity index (χ3v) is 1.92. The van der Waals surface area contributed by atoms with Crippen molar-refractivity contribution >= 4 is 6.09 Å². The van der Waals surface area contributed by atoms with Crippen molar-refractivity contribution < 1.29 is 9.53 Å². The van der Waals surface area contributed by atoms with Crippen LogP contribution >= 0.6 is 0 Å². The summed E-state index contributed by atoms with van der Waals surface area (Å²) in [7, 11) is 1.76. The van der Waals surface area contributed by atoms with E-state index in [-0.39, 0.29) is 12.2 Å². The van der Waals surface area contributed by atoms with Crippen molar-refractivity contribution in [1.82, 2.24) is 4.90 Å². The second-order valence-corrected chi connectivity index (χ2v) is 2.89. The number of ether oxygens (including phenoxy) is 1. The molecule has 2 unspecified atom stereocenters. The zero-order valence-corrected chi connectivity index (χ0v) is 6.63. The van der Waals surface area contributed by atoms with Crippen LogP contribution < -0.4 is 0 Å². The fourth-order valence-corrected chi connectivity index (χ4v) is 1.12. The van der Waals surface area contributed by atoms with E-state index >= 15 is 0 Å². The molecule has 1 heterocycles. The average Bonchev–Trinajstić information content (AvgIpc) is 1.82. The minimum atomic E-state index is -0.203. The van der Waals surface area contributed by atoms with E-state index in [0.717, 1.165) is 6.42 Å². The summed E-state index contributed by atoms with van der Waals surface area (Å²) in [5, 5.41) is 0. The van der Waals surface area contributed by atoms with E-state index in [4.69, 9.17) is 4.74 Å². The van der Waals surface area contributed by atoms with E-state index < -0.39 is 0 Å². The summed E-state index contributed by atoms with van der Waals surface area (Å²) >= 11 is 0. The monoisotopic (exact) mass is 143 g/mol. The summed E-state index contributed by atoms with van der Waals surface area (Å²) in [6, 6.07) is 0.316. The minimum absolute atomic E-state index is 0.0821. The van der Waals surface area contributed by atoms with Gasteiger partial charge in [0.15, 0.2) is 0 Å². The summed E-state index contributed by atoms with van der Waals surface area (Å²) in [5.74, 6) is 0. The summed E-state index contributed by atoms with van der Waals surface area (Å²) in [6.07, 6.45) is 0.812. The van der Waals surface area contributed by atoms with Crippen molar-refractivity contribution in [3.8, 4) is 0 Å². The fraction of sp³-hybridized carbons (Fsp3) is 0.857. The van der Waals surface area contributed by atoms with Gasteiger partial charge in [-0.3, -0.25) is 0 Å². The molecule has 0 aromatic carbocycles. The maximum atomic E-state index is 10.9. The van der Waals surface area contributed by atoms with E-state index in [1.165, 1.54) is 0 Å². The standard InChI is InChI=1S/C7H13NO2/c1-5-4-6(2)10-7(9)8(5)3/h5-6H,4H2,1-3H3. The third-order valence-electron chi connectivity index (χ3n) is 1.92. The van der Waals surface area contributed by atoms with Crippen LogP contribution in [0.25, 0.3) is 0 Å². The molecule has 1 rings (SSSR count). The SMILES string of the molecule is CC1CC(C)N(C)C(=O)O1. The number of rotatable bonds is 0. The van der Waals surface area contributed by atoms with E-state index in [9.17, 15) is 4.79 Å². The molecule has 2 atom stereocenters. The van der Waals surface area contributed by atoms with Gasteiger partial charge in [0.25, 0.3) is 0 Å². The zero-order chi connectivity index (χ0) is 7.72. The Morgan fingerprint density at radius 3 is 2.70 bits per heavy atom. The lowest BCUT2D eigenvalue weighted by Gasteiger charge is -2.32. The van der Waals surface area contributed by atoms with E-state index in [1.807, 2.05) is 13.8 Å². The molecule has 3 nitrogen and oxygen atoms in total. The van der Waals surface area contributed by atoms with Gasteiger partial charge in [-0.25, -0.2) is 4.79 Å². The quantitative estimate of drug-likeness (QED) is 0.510. The van der Waals surface area contributed by atoms with Gasteiger partial charge in [-0.05, 0) is 13.8 Å². The topological polar surface area (TPSA) is 29.5 Å². The number of carbonyl (C=O) groups is 1. The molecule has 58 valence electrons. The predicted molar refractivity (Wildman–Crippen MR) is 37.8 cm³/mol. The van der Waals surface area contributed by atoms with Crippen molar-refractivity contribution in [1.29, 1.82) is 0 Å². The maximum Gasteiger partial charge on any atom is 0.410 e. The van der Waals surface area contributed by atoms with Crippen LogP contribution in [0.1, 0.15) is 20.3 Å². The Labute approximate surface area is 61.0 Å². The Morgan fingerprint density at radius 1 is 1.60 bits per heavy atom. The lowest BCUT2D eigenvalue weighted by atomic mass is 10.1. The first kappa shape index (κ1) is 7.38. The van der Waals surface area contributed by atoms with Gasteiger partial charge in [0, 0.05) is 19.5 Å². The third kappa shape index (κ3) is 1.23. The van der Waals surface area contributed by atoms with Gasteiger partial charge in [0.1, 0.15) is 6.10 Å². The van der Waals surface area contributed by atoms with Gasteiger partial charge in [0.2, 0.25) is 0 Å². The molecule has 0 aromatic rings. The lowest BCUT2D eigenvalue weighted by Crippen LogP contribution is -2.44. The number of nitrogens with zero attached hydrogens (tertiary/aromatic N) is 1. The highest BCUT2D eigenvalue weighted by atomic mass is 16.6. The van der Waals surface area contributed by atoms with Crippen LogP contribution in [0.5, 0.6) is 0 Å². The van der Waals surface area contributed by atoms with Crippen LogP contribution in [0.3, 0.4) is 0 Å². The molecule has 1 saturated heterocycles. The summed E-state index contributed by atoms with van der Waals surface area (Å²) < 4.78 is 4.96. The van der Waals surface area contributed by atoms with Gasteiger partial charge >= 0.3 is 6.09 Å². The van der Waals surface area contributed by atoms with Crippen LogP contribution in [0.15, 0.2) is 0 Å². The van der Waals surface area contributed by atoms with Crippen molar-refractivity contribution in [3.05, 3.63) is 0 Å². The highest BCUT2D eigenvalue weighted by molar-refractivity contribution is 5.68. The second kappa shape index (κ2) is 2.48. The van der Waals surface area contributed by atoms with Gasteiger partial charge in [-0.15, -0.1) is 0 Å². The summed E-state index contributed by atoms with van der Waals surface area (Å²) in [4.78, 5) is 12.5. The Bertz CT molecular complexity index is 147. The van der Waals surface area contributed by atoms with Crippen molar-refractivity contribution in [2.45, 2.75) is 32.4 Å². The fourth-order valence-electron chi connectivity index (χ4n) is 1.12. The van der Waals surface area contributed by atoms with Gasteiger partial charge in [-0.1, -0.05) is 0 Å². The Kier molecular flexibility index (Phi) is 1.83. The molecular formula is C7H13NO2. The zero-order valence-electron chi connectivity index (χ0n) is 6.63. The van der Waals surface area contributed by atoms with Crippen LogP contribution in [-0.2, 0) is 4.74 Å². The minimum Gasteiger partial charge on any atom is -0.446 e. The molecule has 0 N–H and O–H groups in total. The first-order chi connectivity index (χ1) is 4.61. The first-order valence-electron chi connectivity index (χ1n) is 3.54. The summed E-state index contributed by atoms with van der Waals surface area (Å²) in [5.41, 5.74) is 0. The highest BCUT2D eigenvalue weighted by Crippen LogP contribution is 2.15. The Morgan fingerprint density at radius 2 is 2.20 bits per heavy atom. The van der Waals surface area contributed by atoms with E-state index in [1.54, 1.807) is 11.9 Å². The van der Waals surface area contributed by atoms with Gasteiger partial charge in [0.05, 0.1) is 0 Å². The predicted octanol–water partition coefficient (Wildman–Crippen LogP) is 1.24. The number of hydrogen-bond acceptors (Lipinski definition) is 2. The van der Waals surface area contributed by atoms with Gasteiger partial charge < -0.3 is 9.64 Å². The Hall–Kier alpha value is -0.730. The molecule has 1 aliphatic heterocycles. The van der Waals surface area contributed by atoms with E-state index in [0.29, 0.717) is 6.04 Å². The number of hydrogen-bond donors (Lipinski definition) is 0. The molecule has 0 saturated carbocycles. The molecule has 1 fully saturated rings. The smallest absolute Gasteiger partial charge is 0.410 e. The number of cyclic esters (lactones) is 1. The molecular weight excluding hydrogens is 130 g/mol. The van der Waals surface area contributed by atoms with E-state index in [2.05, 4.69) is 0 Å². The highest BCUT2D eigenvalue weighted by Gasteiger charge is 2.26. The van der Waals surface area contributed by atoms with Gasteiger partial charge in [-0.2, -0.15) is 0 Å². The molecule has 0 aliphatic carbocycles. The van der Waals surface area contributed by atoms with Crippen LogP contribution in [0, 0.1) is 0 Å². The van der Waals surface area contributed by atoms with Crippen LogP contribution in [-0.4, -0.2) is 30.2 Å². The normalized spacial score (nSPS) is 33.9. The molecule has 0 spiro atoms. The van der Waals surface area contributed by atoms with Crippen molar-refractivity contribution in [2.24, 2.45) is 0 Å². The lowest BCUT2D eigenvalue weighted by molar-refractivity contribution is 0.0205. The second-order valence-electron chi connectivity index (χ2n) is 2.89. The molecule has 1 amide bonds. The number of amides is 1. The Balaban J connectivity index is 2.57. The molecule has 1 aliphatic rings. The maximum absolute atomic E-state index is 10.9. The first-order valence-corrected chi connectivity index (χ1v) is 3.54. The molecule has 3 heteroatoms. The molecule has 0 bridgehead atoms. The molecule has 0 radical (unpaired) electrons. The largest absolute Gasteiger partial charge is 0.446 e. The molecule has 0 aromatic heterocycles. The average molecular weight is 143 g/mol. The molecule has 10 heavy (non-hydrogen) atoms. The summed E-state index contributed by atoms with van der Waals surface area (Å²) in [6.45, 7) is 3.94.